The van der Waals surface area contributed by atoms with Crippen LogP contribution in [0.5, 0.6) is 0 Å². The van der Waals surface area contributed by atoms with Crippen molar-refractivity contribution in [1.29, 1.82) is 0 Å². The molecule has 0 N–H and O–H groups in total. The molecule has 0 atom stereocenters. The van der Waals surface area contributed by atoms with Gasteiger partial charge in [0.25, 0.3) is 0 Å². The van der Waals surface area contributed by atoms with Gasteiger partial charge in [0, 0.05) is 37.1 Å². The molecular weight excluding hydrogens is 599 g/mol. The van der Waals surface area contributed by atoms with Crippen LogP contribution in [0.4, 0.5) is 17.1 Å². The van der Waals surface area contributed by atoms with Crippen LogP contribution in [0.1, 0.15) is 0 Å². The van der Waals surface area contributed by atoms with E-state index in [4.69, 9.17) is 0 Å². The van der Waals surface area contributed by atoms with E-state index >= 15 is 0 Å². The minimum atomic E-state index is 1.11. The highest BCUT2D eigenvalue weighted by Crippen LogP contribution is 2.42. The number of anilines is 3. The standard InChI is InChI=1S/C46H31NS/c1-3-11-32(12-4-1)33-21-25-39(26-22-33)47(44-17-9-7-15-41(44)35-13-5-2-6-14-35)40-27-23-34(24-28-40)36-19-20-37-31-46-43(30-38(37)29-36)42-16-8-10-18-45(42)48-46/h1-31H. The van der Waals surface area contributed by atoms with Crippen molar-refractivity contribution in [3.8, 4) is 33.4 Å². The zero-order valence-corrected chi connectivity index (χ0v) is 27.1. The molecule has 0 aliphatic heterocycles. The molecule has 0 aliphatic rings. The van der Waals surface area contributed by atoms with Crippen LogP contribution in [-0.2, 0) is 0 Å². The minimum absolute atomic E-state index is 1.11. The van der Waals surface area contributed by atoms with Crippen LogP contribution in [0.3, 0.4) is 0 Å². The number of thiophene rings is 1. The van der Waals surface area contributed by atoms with Crippen LogP contribution >= 0.6 is 11.3 Å². The molecule has 48 heavy (non-hydrogen) atoms. The van der Waals surface area contributed by atoms with Gasteiger partial charge in [-0.1, -0.05) is 133 Å². The Kier molecular flexibility index (Phi) is 7.07. The molecule has 0 spiro atoms. The maximum absolute atomic E-state index is 2.37. The van der Waals surface area contributed by atoms with Gasteiger partial charge in [-0.05, 0) is 93.2 Å². The summed E-state index contributed by atoms with van der Waals surface area (Å²) in [6.07, 6.45) is 0. The van der Waals surface area contributed by atoms with Crippen LogP contribution in [-0.4, -0.2) is 0 Å². The molecule has 8 aromatic carbocycles. The van der Waals surface area contributed by atoms with Gasteiger partial charge in [-0.25, -0.2) is 0 Å². The number of hydrogen-bond acceptors (Lipinski definition) is 2. The maximum Gasteiger partial charge on any atom is 0.0540 e. The van der Waals surface area contributed by atoms with Crippen molar-refractivity contribution in [2.24, 2.45) is 0 Å². The molecular formula is C46H31NS. The van der Waals surface area contributed by atoms with Crippen molar-refractivity contribution in [1.82, 2.24) is 0 Å². The predicted molar refractivity (Wildman–Crippen MR) is 208 cm³/mol. The average Bonchev–Trinajstić information content (AvgIpc) is 3.52. The first kappa shape index (κ1) is 28.3. The van der Waals surface area contributed by atoms with E-state index in [9.17, 15) is 0 Å². The molecule has 9 aromatic rings. The number of nitrogens with zero attached hydrogens (tertiary/aromatic N) is 1. The SMILES string of the molecule is c1ccc(-c2ccc(N(c3ccc(-c4ccc5cc6sc7ccccc7c6cc5c4)cc3)c3ccccc3-c3ccccc3)cc2)cc1. The molecule has 2 heteroatoms. The van der Waals surface area contributed by atoms with Gasteiger partial charge in [0.1, 0.15) is 0 Å². The molecule has 0 radical (unpaired) electrons. The topological polar surface area (TPSA) is 3.24 Å². The van der Waals surface area contributed by atoms with Gasteiger partial charge >= 0.3 is 0 Å². The first-order chi connectivity index (χ1) is 23.8. The third-order valence-corrected chi connectivity index (χ3v) is 10.4. The van der Waals surface area contributed by atoms with Crippen LogP contribution < -0.4 is 4.90 Å². The van der Waals surface area contributed by atoms with Crippen LogP contribution in [0.2, 0.25) is 0 Å². The molecule has 1 nitrogen and oxygen atoms in total. The Morgan fingerprint density at radius 2 is 0.896 bits per heavy atom. The summed E-state index contributed by atoms with van der Waals surface area (Å²) >= 11 is 1.87. The number of fused-ring (bicyclic) bond motifs is 4. The Labute approximate surface area is 284 Å². The Hall–Kier alpha value is -5.96. The van der Waals surface area contributed by atoms with Gasteiger partial charge in [0.05, 0.1) is 5.69 Å². The third-order valence-electron chi connectivity index (χ3n) is 9.26. The largest absolute Gasteiger partial charge is 0.310 e. The summed E-state index contributed by atoms with van der Waals surface area (Å²) in [5, 5.41) is 5.21. The van der Waals surface area contributed by atoms with E-state index in [1.807, 2.05) is 11.3 Å². The van der Waals surface area contributed by atoms with Gasteiger partial charge in [-0.2, -0.15) is 0 Å². The van der Waals surface area contributed by atoms with Crippen molar-refractivity contribution >= 4 is 59.3 Å². The molecule has 0 fully saturated rings. The quantitative estimate of drug-likeness (QED) is 0.177. The third kappa shape index (κ3) is 5.13. The molecule has 0 bridgehead atoms. The summed E-state index contributed by atoms with van der Waals surface area (Å²) in [4.78, 5) is 2.37. The van der Waals surface area contributed by atoms with Gasteiger partial charge < -0.3 is 4.90 Å². The van der Waals surface area contributed by atoms with Gasteiger partial charge in [0.2, 0.25) is 0 Å². The average molecular weight is 630 g/mol. The summed E-state index contributed by atoms with van der Waals surface area (Å²) in [7, 11) is 0. The number of hydrogen-bond donors (Lipinski definition) is 0. The van der Waals surface area contributed by atoms with Crippen LogP contribution in [0.25, 0.3) is 64.3 Å². The molecule has 0 saturated heterocycles. The summed E-state index contributed by atoms with van der Waals surface area (Å²) in [6.45, 7) is 0. The molecule has 9 rings (SSSR count). The molecule has 1 aromatic heterocycles. The number of para-hydroxylation sites is 1. The first-order valence-electron chi connectivity index (χ1n) is 16.3. The van der Waals surface area contributed by atoms with Crippen molar-refractivity contribution in [2.75, 3.05) is 4.90 Å². The second kappa shape index (κ2) is 12.0. The lowest BCUT2D eigenvalue weighted by Gasteiger charge is -2.28. The molecule has 226 valence electrons. The van der Waals surface area contributed by atoms with Gasteiger partial charge in [-0.15, -0.1) is 11.3 Å². The fourth-order valence-corrected chi connectivity index (χ4v) is 7.98. The lowest BCUT2D eigenvalue weighted by molar-refractivity contribution is 1.28. The summed E-state index contributed by atoms with van der Waals surface area (Å²) in [5.74, 6) is 0. The van der Waals surface area contributed by atoms with E-state index in [-0.39, 0.29) is 0 Å². The zero-order chi connectivity index (χ0) is 31.9. The summed E-state index contributed by atoms with van der Waals surface area (Å²) in [5.41, 5.74) is 10.6. The van der Waals surface area contributed by atoms with E-state index < -0.39 is 0 Å². The Morgan fingerprint density at radius 3 is 1.62 bits per heavy atom. The van der Waals surface area contributed by atoms with Crippen molar-refractivity contribution in [3.63, 3.8) is 0 Å². The Balaban J connectivity index is 1.13. The van der Waals surface area contributed by atoms with E-state index in [1.54, 1.807) is 0 Å². The fraction of sp³-hybridized carbons (Fsp3) is 0. The molecule has 1 heterocycles. The maximum atomic E-state index is 2.37. The summed E-state index contributed by atoms with van der Waals surface area (Å²) < 4.78 is 2.68. The molecule has 0 amide bonds. The van der Waals surface area contributed by atoms with E-state index in [0.717, 1.165) is 17.1 Å². The Morgan fingerprint density at radius 1 is 0.333 bits per heavy atom. The lowest BCUT2D eigenvalue weighted by Crippen LogP contribution is -2.11. The van der Waals surface area contributed by atoms with Gasteiger partial charge in [-0.3, -0.25) is 0 Å². The smallest absolute Gasteiger partial charge is 0.0540 e. The zero-order valence-electron chi connectivity index (χ0n) is 26.3. The highest BCUT2D eigenvalue weighted by atomic mass is 32.1. The fourth-order valence-electron chi connectivity index (χ4n) is 6.84. The Bertz CT molecular complexity index is 2530. The highest BCUT2D eigenvalue weighted by Gasteiger charge is 2.17. The van der Waals surface area contributed by atoms with E-state index in [2.05, 4.69) is 193 Å². The lowest BCUT2D eigenvalue weighted by atomic mass is 9.98. The predicted octanol–water partition coefficient (Wildman–Crippen LogP) is 13.7. The monoisotopic (exact) mass is 629 g/mol. The molecule has 0 aliphatic carbocycles. The summed E-state index contributed by atoms with van der Waals surface area (Å²) in [6, 6.07) is 68.1. The van der Waals surface area contributed by atoms with Crippen molar-refractivity contribution in [3.05, 3.63) is 188 Å². The van der Waals surface area contributed by atoms with E-state index in [0.29, 0.717) is 0 Å². The second-order valence-corrected chi connectivity index (χ2v) is 13.3. The highest BCUT2D eigenvalue weighted by molar-refractivity contribution is 7.25. The molecule has 0 saturated carbocycles. The van der Waals surface area contributed by atoms with Crippen LogP contribution in [0.15, 0.2) is 188 Å². The van der Waals surface area contributed by atoms with Crippen molar-refractivity contribution < 1.29 is 0 Å². The number of benzene rings is 8. The van der Waals surface area contributed by atoms with Crippen molar-refractivity contribution in [2.45, 2.75) is 0 Å². The normalized spacial score (nSPS) is 11.3. The minimum Gasteiger partial charge on any atom is -0.310 e. The number of rotatable bonds is 6. The second-order valence-electron chi connectivity index (χ2n) is 12.2. The van der Waals surface area contributed by atoms with Crippen LogP contribution in [0, 0.1) is 0 Å². The van der Waals surface area contributed by atoms with Gasteiger partial charge in [0.15, 0.2) is 0 Å². The first-order valence-corrected chi connectivity index (χ1v) is 17.2. The van der Waals surface area contributed by atoms with E-state index in [1.165, 1.54) is 64.3 Å². The molecule has 0 unspecified atom stereocenters.